The Hall–Kier alpha value is -3.27. The van der Waals surface area contributed by atoms with Gasteiger partial charge in [-0.05, 0) is 36.8 Å². The van der Waals surface area contributed by atoms with Gasteiger partial charge in [0.15, 0.2) is 0 Å². The molecule has 3 aromatic rings. The monoisotopic (exact) mass is 359 g/mol. The first-order valence-electron chi connectivity index (χ1n) is 9.11. The van der Waals surface area contributed by atoms with Crippen molar-refractivity contribution in [2.45, 2.75) is 19.4 Å². The van der Waals surface area contributed by atoms with Crippen molar-refractivity contribution >= 4 is 5.91 Å². The molecule has 0 radical (unpaired) electrons. The van der Waals surface area contributed by atoms with Gasteiger partial charge in [0.1, 0.15) is 17.2 Å². The van der Waals surface area contributed by atoms with E-state index in [4.69, 9.17) is 9.47 Å². The molecule has 0 fully saturated rings. The fourth-order valence-electron chi connectivity index (χ4n) is 3.40. The van der Waals surface area contributed by atoms with E-state index >= 15 is 0 Å². The molecule has 0 spiro atoms. The number of hydrogen-bond acceptors (Lipinski definition) is 3. The number of carbonyl (C=O) groups excluding carboxylic acids is 1. The molecule has 0 saturated carbocycles. The first-order valence-corrected chi connectivity index (χ1v) is 9.11. The van der Waals surface area contributed by atoms with E-state index in [1.807, 2.05) is 79.7 Å². The number of carbonyl (C=O) groups is 1. The van der Waals surface area contributed by atoms with Crippen LogP contribution in [0.15, 0.2) is 72.8 Å². The number of amides is 1. The molecule has 0 saturated heterocycles. The normalized spacial score (nSPS) is 12.5. The zero-order valence-corrected chi connectivity index (χ0v) is 15.1. The standard InChI is InChI=1S/C23H21NO3/c1-2-26-17-9-7-8-16(14-17)15-24-23(25)22-18-10-3-5-12-20(18)27-21-13-6-4-11-19(21)22/h3-14,22H,2,15H2,1H3,(H,24,25). The highest BCUT2D eigenvalue weighted by Crippen LogP contribution is 2.43. The summed E-state index contributed by atoms with van der Waals surface area (Å²) in [6.07, 6.45) is 0. The molecule has 0 bridgehead atoms. The molecular weight excluding hydrogens is 338 g/mol. The van der Waals surface area contributed by atoms with Gasteiger partial charge in [-0.1, -0.05) is 48.5 Å². The van der Waals surface area contributed by atoms with Gasteiger partial charge in [0.2, 0.25) is 5.91 Å². The van der Waals surface area contributed by atoms with E-state index < -0.39 is 0 Å². The minimum Gasteiger partial charge on any atom is -0.494 e. The van der Waals surface area contributed by atoms with E-state index in [0.717, 1.165) is 33.9 Å². The fraction of sp³-hybridized carbons (Fsp3) is 0.174. The van der Waals surface area contributed by atoms with Gasteiger partial charge in [-0.2, -0.15) is 0 Å². The Balaban J connectivity index is 1.58. The number of benzene rings is 3. The van der Waals surface area contributed by atoms with Crippen LogP contribution >= 0.6 is 0 Å². The lowest BCUT2D eigenvalue weighted by molar-refractivity contribution is -0.122. The zero-order valence-electron chi connectivity index (χ0n) is 15.1. The Morgan fingerprint density at radius 1 is 0.963 bits per heavy atom. The lowest BCUT2D eigenvalue weighted by atomic mass is 9.87. The maximum Gasteiger partial charge on any atom is 0.232 e. The van der Waals surface area contributed by atoms with Crippen LogP contribution in [0.3, 0.4) is 0 Å². The van der Waals surface area contributed by atoms with Crippen molar-refractivity contribution in [1.29, 1.82) is 0 Å². The average molecular weight is 359 g/mol. The third kappa shape index (κ3) is 3.51. The van der Waals surface area contributed by atoms with E-state index in [9.17, 15) is 4.79 Å². The molecule has 4 heteroatoms. The van der Waals surface area contributed by atoms with Gasteiger partial charge in [-0.15, -0.1) is 0 Å². The SMILES string of the molecule is CCOc1cccc(CNC(=O)C2c3ccccc3Oc3ccccc32)c1. The quantitative estimate of drug-likeness (QED) is 0.722. The number of para-hydroxylation sites is 2. The number of hydrogen-bond donors (Lipinski definition) is 1. The number of ether oxygens (including phenoxy) is 2. The average Bonchev–Trinajstić information content (AvgIpc) is 2.71. The van der Waals surface area contributed by atoms with E-state index in [1.165, 1.54) is 0 Å². The molecule has 4 rings (SSSR count). The summed E-state index contributed by atoms with van der Waals surface area (Å²) in [5, 5.41) is 3.07. The van der Waals surface area contributed by atoms with Gasteiger partial charge in [-0.25, -0.2) is 0 Å². The van der Waals surface area contributed by atoms with Gasteiger partial charge in [0.05, 0.1) is 12.5 Å². The number of nitrogens with one attached hydrogen (secondary N) is 1. The van der Waals surface area contributed by atoms with E-state index in [-0.39, 0.29) is 11.8 Å². The Morgan fingerprint density at radius 2 is 1.63 bits per heavy atom. The zero-order chi connectivity index (χ0) is 18.6. The molecule has 1 amide bonds. The summed E-state index contributed by atoms with van der Waals surface area (Å²) in [4.78, 5) is 13.1. The molecule has 3 aromatic carbocycles. The van der Waals surface area contributed by atoms with Crippen LogP contribution in [0.5, 0.6) is 17.2 Å². The van der Waals surface area contributed by atoms with Crippen LogP contribution in [0.4, 0.5) is 0 Å². The van der Waals surface area contributed by atoms with Gasteiger partial charge < -0.3 is 14.8 Å². The Morgan fingerprint density at radius 3 is 2.30 bits per heavy atom. The van der Waals surface area contributed by atoms with Crippen molar-refractivity contribution in [1.82, 2.24) is 5.32 Å². The van der Waals surface area contributed by atoms with Crippen LogP contribution < -0.4 is 14.8 Å². The summed E-state index contributed by atoms with van der Waals surface area (Å²) < 4.78 is 11.5. The van der Waals surface area contributed by atoms with Crippen molar-refractivity contribution in [3.05, 3.63) is 89.5 Å². The van der Waals surface area contributed by atoms with Crippen LogP contribution in [0.1, 0.15) is 29.5 Å². The molecule has 0 unspecified atom stereocenters. The minimum atomic E-state index is -0.388. The van der Waals surface area contributed by atoms with Crippen LogP contribution in [0.25, 0.3) is 0 Å². The second kappa shape index (κ2) is 7.54. The van der Waals surface area contributed by atoms with Gasteiger partial charge in [-0.3, -0.25) is 4.79 Å². The molecular formula is C23H21NO3. The third-order valence-electron chi connectivity index (χ3n) is 4.62. The summed E-state index contributed by atoms with van der Waals surface area (Å²) in [7, 11) is 0. The van der Waals surface area contributed by atoms with Gasteiger partial charge in [0, 0.05) is 17.7 Å². The van der Waals surface area contributed by atoms with Gasteiger partial charge in [0.25, 0.3) is 0 Å². The lowest BCUT2D eigenvalue weighted by Gasteiger charge is -2.27. The highest BCUT2D eigenvalue weighted by molar-refractivity contribution is 5.89. The molecule has 4 nitrogen and oxygen atoms in total. The summed E-state index contributed by atoms with van der Waals surface area (Å²) in [6.45, 7) is 3.02. The van der Waals surface area contributed by atoms with Crippen molar-refractivity contribution in [2.24, 2.45) is 0 Å². The van der Waals surface area contributed by atoms with E-state index in [1.54, 1.807) is 0 Å². The Labute approximate surface area is 158 Å². The van der Waals surface area contributed by atoms with Crippen molar-refractivity contribution < 1.29 is 14.3 Å². The van der Waals surface area contributed by atoms with Gasteiger partial charge >= 0.3 is 0 Å². The highest BCUT2D eigenvalue weighted by Gasteiger charge is 2.32. The van der Waals surface area contributed by atoms with Crippen molar-refractivity contribution in [2.75, 3.05) is 6.61 Å². The first-order chi connectivity index (χ1) is 13.3. The molecule has 1 heterocycles. The van der Waals surface area contributed by atoms with Crippen LogP contribution in [-0.2, 0) is 11.3 Å². The summed E-state index contributed by atoms with van der Waals surface area (Å²) in [5.41, 5.74) is 2.77. The van der Waals surface area contributed by atoms with Crippen molar-refractivity contribution in [3.63, 3.8) is 0 Å². The molecule has 1 aliphatic rings. The topological polar surface area (TPSA) is 47.6 Å². The highest BCUT2D eigenvalue weighted by atomic mass is 16.5. The largest absolute Gasteiger partial charge is 0.494 e. The maximum absolute atomic E-state index is 13.1. The molecule has 0 aromatic heterocycles. The second-order valence-corrected chi connectivity index (χ2v) is 6.41. The molecule has 1 aliphatic heterocycles. The Kier molecular flexibility index (Phi) is 4.79. The van der Waals surface area contributed by atoms with Crippen molar-refractivity contribution in [3.8, 4) is 17.2 Å². The summed E-state index contributed by atoms with van der Waals surface area (Å²) in [5.74, 6) is 1.84. The first kappa shape index (κ1) is 17.2. The van der Waals surface area contributed by atoms with Crippen LogP contribution in [-0.4, -0.2) is 12.5 Å². The van der Waals surface area contributed by atoms with Crippen LogP contribution in [0.2, 0.25) is 0 Å². The summed E-state index contributed by atoms with van der Waals surface area (Å²) >= 11 is 0. The number of fused-ring (bicyclic) bond motifs is 2. The fourth-order valence-corrected chi connectivity index (χ4v) is 3.40. The second-order valence-electron chi connectivity index (χ2n) is 6.41. The molecule has 136 valence electrons. The van der Waals surface area contributed by atoms with E-state index in [2.05, 4.69) is 5.32 Å². The minimum absolute atomic E-state index is 0.0417. The lowest BCUT2D eigenvalue weighted by Crippen LogP contribution is -2.31. The predicted molar refractivity (Wildman–Crippen MR) is 104 cm³/mol. The van der Waals surface area contributed by atoms with Crippen LogP contribution in [0, 0.1) is 0 Å². The molecule has 0 atom stereocenters. The maximum atomic E-state index is 13.1. The smallest absolute Gasteiger partial charge is 0.232 e. The third-order valence-corrected chi connectivity index (χ3v) is 4.62. The molecule has 27 heavy (non-hydrogen) atoms. The number of rotatable bonds is 5. The predicted octanol–water partition coefficient (Wildman–Crippen LogP) is 4.64. The molecule has 0 aliphatic carbocycles. The Bertz CT molecular complexity index is 922. The summed E-state index contributed by atoms with van der Waals surface area (Å²) in [6, 6.07) is 23.2. The van der Waals surface area contributed by atoms with E-state index in [0.29, 0.717) is 13.2 Å². The molecule has 1 N–H and O–H groups in total.